The third-order valence-corrected chi connectivity index (χ3v) is 3.87. The van der Waals surface area contributed by atoms with Gasteiger partial charge in [0.05, 0.1) is 0 Å². The van der Waals surface area contributed by atoms with Gasteiger partial charge in [0.2, 0.25) is 0 Å². The maximum Gasteiger partial charge on any atom is 2.00 e. The summed E-state index contributed by atoms with van der Waals surface area (Å²) in [5.41, 5.74) is 2.55. The van der Waals surface area contributed by atoms with E-state index in [1.165, 1.54) is 11.1 Å². The molecule has 0 aliphatic heterocycles. The normalized spacial score (nSPS) is 9.47. The second-order valence-electron chi connectivity index (χ2n) is 3.90. The summed E-state index contributed by atoms with van der Waals surface area (Å²) in [6.07, 6.45) is 0. The molecule has 0 atom stereocenters. The molecule has 2 rings (SSSR count). The van der Waals surface area contributed by atoms with Crippen LogP contribution in [0.15, 0.2) is 60.7 Å². The fraction of sp³-hybridized carbons (Fsp3) is 0.133. The van der Waals surface area contributed by atoms with Crippen LogP contribution in [-0.2, 0) is 12.3 Å². The van der Waals surface area contributed by atoms with E-state index >= 15 is 0 Å². The van der Waals surface area contributed by atoms with E-state index in [0.717, 1.165) is 16.6 Å². The number of thioether (sulfide) groups is 1. The van der Waals surface area contributed by atoms with Crippen LogP contribution in [0.25, 0.3) is 0 Å². The molecule has 0 amide bonds. The molecule has 0 radical (unpaired) electrons. The molecule has 96 valence electrons. The van der Waals surface area contributed by atoms with Gasteiger partial charge in [-0.15, -0.1) is 0 Å². The zero-order valence-corrected chi connectivity index (χ0v) is 16.8. The van der Waals surface area contributed by atoms with Gasteiger partial charge in [0.25, 0.3) is 0 Å². The van der Waals surface area contributed by atoms with Crippen molar-refractivity contribution in [1.29, 1.82) is 0 Å². The summed E-state index contributed by atoms with van der Waals surface area (Å²) in [6.45, 7) is 0.793. The van der Waals surface area contributed by atoms with Crippen LogP contribution in [-0.4, -0.2) is 53.2 Å². The number of hydrogen-bond acceptors (Lipinski definition) is 2. The Morgan fingerprint density at radius 2 is 1.47 bits per heavy atom. The number of hydrogen-bond donors (Lipinski definition) is 1. The summed E-state index contributed by atoms with van der Waals surface area (Å²) >= 11 is 6.97. The minimum atomic E-state index is 0. The summed E-state index contributed by atoms with van der Waals surface area (Å²) in [6, 6.07) is 20.7. The quantitative estimate of drug-likeness (QED) is 0.605. The predicted octanol–water partition coefficient (Wildman–Crippen LogP) is 3.84. The van der Waals surface area contributed by atoms with Crippen LogP contribution in [0.2, 0.25) is 0 Å². The van der Waals surface area contributed by atoms with Gasteiger partial charge in [0.15, 0.2) is 0 Å². The molecular weight excluding hydrogens is 396 g/mol. The number of thiocarbonyl (C=S) groups is 1. The Bertz CT molecular complexity index is 452. The summed E-state index contributed by atoms with van der Waals surface area (Å²) in [5.74, 6) is 0.918. The Morgan fingerprint density at radius 1 is 0.947 bits per heavy atom. The summed E-state index contributed by atoms with van der Waals surface area (Å²) in [4.78, 5) is 0. The molecule has 0 unspecified atom stereocenters. The zero-order valence-electron chi connectivity index (χ0n) is 12.7. The fourth-order valence-electron chi connectivity index (χ4n) is 1.54. The van der Waals surface area contributed by atoms with E-state index < -0.39 is 0 Å². The molecule has 0 aliphatic carbocycles. The Morgan fingerprint density at radius 3 is 2.05 bits per heavy atom. The Hall–Kier alpha value is 0.251. The van der Waals surface area contributed by atoms with Crippen molar-refractivity contribution in [3.05, 3.63) is 71.8 Å². The maximum atomic E-state index is 5.30. The minimum Gasteiger partial charge on any atom is -1.00 e. The first-order chi connectivity index (χ1) is 8.84. The van der Waals surface area contributed by atoms with Gasteiger partial charge in [0, 0.05) is 12.3 Å². The van der Waals surface area contributed by atoms with Gasteiger partial charge in [-0.25, -0.2) is 0 Å². The molecule has 0 spiro atoms. The van der Waals surface area contributed by atoms with Crippen LogP contribution in [0.3, 0.4) is 0 Å². The second kappa shape index (κ2) is 10.0. The standard InChI is InChI=1S/C15H15NS2.Ba.2H/c17-15(16-11-13-7-3-1-4-8-13)18-12-14-9-5-2-6-10-14;;;/h1-10H,11-12H2,(H,16,17);;;/q;+2;2*-1. The smallest absolute Gasteiger partial charge is 1.00 e. The Labute approximate surface area is 167 Å². The van der Waals surface area contributed by atoms with Crippen molar-refractivity contribution in [1.82, 2.24) is 5.32 Å². The molecule has 0 heterocycles. The van der Waals surface area contributed by atoms with Gasteiger partial charge in [-0.3, -0.25) is 0 Å². The van der Waals surface area contributed by atoms with Crippen molar-refractivity contribution in [2.24, 2.45) is 0 Å². The third kappa shape index (κ3) is 6.99. The molecule has 2 aromatic carbocycles. The average Bonchev–Trinajstić information content (AvgIpc) is 2.45. The Kier molecular flexibility index (Phi) is 9.15. The largest absolute Gasteiger partial charge is 2.00 e. The van der Waals surface area contributed by atoms with E-state index in [1.54, 1.807) is 11.8 Å². The SMILES string of the molecule is S=C(NCc1ccccc1)SCc1ccccc1.[Ba+2].[H-].[H-]. The summed E-state index contributed by atoms with van der Waals surface area (Å²) < 4.78 is 0.850. The van der Waals surface area contributed by atoms with Crippen LogP contribution in [0.4, 0.5) is 0 Å². The van der Waals surface area contributed by atoms with Crippen molar-refractivity contribution in [3.8, 4) is 0 Å². The first kappa shape index (κ1) is 17.3. The first-order valence-electron chi connectivity index (χ1n) is 5.83. The van der Waals surface area contributed by atoms with Gasteiger partial charge in [-0.2, -0.15) is 0 Å². The van der Waals surface area contributed by atoms with E-state index in [2.05, 4.69) is 41.7 Å². The van der Waals surface area contributed by atoms with Crippen LogP contribution in [0.1, 0.15) is 14.0 Å². The van der Waals surface area contributed by atoms with Crippen LogP contribution >= 0.6 is 24.0 Å². The monoisotopic (exact) mass is 413 g/mol. The molecule has 2 aromatic rings. The maximum absolute atomic E-state index is 5.30. The average molecular weight is 413 g/mol. The van der Waals surface area contributed by atoms with Gasteiger partial charge >= 0.3 is 48.9 Å². The van der Waals surface area contributed by atoms with E-state index in [1.807, 2.05) is 24.3 Å². The van der Waals surface area contributed by atoms with Crippen molar-refractivity contribution in [3.63, 3.8) is 0 Å². The van der Waals surface area contributed by atoms with E-state index in [-0.39, 0.29) is 51.7 Å². The summed E-state index contributed by atoms with van der Waals surface area (Å²) in [7, 11) is 0. The molecule has 0 saturated heterocycles. The minimum absolute atomic E-state index is 0. The number of benzene rings is 2. The fourth-order valence-corrected chi connectivity index (χ4v) is 2.46. The third-order valence-electron chi connectivity index (χ3n) is 2.49. The topological polar surface area (TPSA) is 12.0 Å². The molecule has 0 aliphatic rings. The molecule has 1 nitrogen and oxygen atoms in total. The molecule has 0 bridgehead atoms. The second-order valence-corrected chi connectivity index (χ2v) is 5.55. The molecule has 0 aromatic heterocycles. The van der Waals surface area contributed by atoms with Gasteiger partial charge in [-0.1, -0.05) is 84.6 Å². The number of nitrogens with one attached hydrogen (secondary N) is 1. The van der Waals surface area contributed by atoms with E-state index in [0.29, 0.717) is 0 Å². The van der Waals surface area contributed by atoms with E-state index in [4.69, 9.17) is 12.2 Å². The molecule has 0 saturated carbocycles. The van der Waals surface area contributed by atoms with Crippen molar-refractivity contribution in [2.45, 2.75) is 12.3 Å². The Balaban J connectivity index is 0. The van der Waals surface area contributed by atoms with Gasteiger partial charge < -0.3 is 8.17 Å². The predicted molar refractivity (Wildman–Crippen MR) is 91.6 cm³/mol. The molecule has 19 heavy (non-hydrogen) atoms. The van der Waals surface area contributed by atoms with Crippen molar-refractivity contribution >= 4 is 77.2 Å². The first-order valence-corrected chi connectivity index (χ1v) is 7.22. The molecule has 1 N–H and O–H groups in total. The molecular formula is C15H17BaNS2. The van der Waals surface area contributed by atoms with Crippen LogP contribution in [0.5, 0.6) is 0 Å². The van der Waals surface area contributed by atoms with E-state index in [9.17, 15) is 0 Å². The molecule has 4 heteroatoms. The van der Waals surface area contributed by atoms with Gasteiger partial charge in [-0.05, 0) is 11.1 Å². The summed E-state index contributed by atoms with van der Waals surface area (Å²) in [5, 5.41) is 3.26. The molecule has 0 fully saturated rings. The number of rotatable bonds is 4. The van der Waals surface area contributed by atoms with Crippen LogP contribution in [0, 0.1) is 0 Å². The van der Waals surface area contributed by atoms with Crippen molar-refractivity contribution < 1.29 is 2.85 Å². The van der Waals surface area contributed by atoms with Gasteiger partial charge in [0.1, 0.15) is 4.32 Å². The van der Waals surface area contributed by atoms with Crippen LogP contribution < -0.4 is 5.32 Å². The van der Waals surface area contributed by atoms with Crippen molar-refractivity contribution in [2.75, 3.05) is 0 Å². The zero-order chi connectivity index (χ0) is 12.6.